The number of hydrogen-bond donors (Lipinski definition) is 0. The average Bonchev–Trinajstić information content (AvgIpc) is 3.14. The van der Waals surface area contributed by atoms with E-state index in [1.807, 2.05) is 19.1 Å². The highest BCUT2D eigenvalue weighted by molar-refractivity contribution is 5.82. The topological polar surface area (TPSA) is 26.6 Å². The molecule has 4 heteroatoms. The number of rotatable bonds is 8. The Bertz CT molecular complexity index is 1390. The van der Waals surface area contributed by atoms with Crippen LogP contribution in [0.1, 0.15) is 60.8 Å². The fourth-order valence-corrected chi connectivity index (χ4v) is 5.76. The van der Waals surface area contributed by atoms with Gasteiger partial charge in [0.1, 0.15) is 11.5 Å². The summed E-state index contributed by atoms with van der Waals surface area (Å²) in [5.41, 5.74) is 13.2. The lowest BCUT2D eigenvalue weighted by atomic mass is 9.90. The fourth-order valence-electron chi connectivity index (χ4n) is 5.76. The van der Waals surface area contributed by atoms with Crippen molar-refractivity contribution in [1.29, 1.82) is 0 Å². The van der Waals surface area contributed by atoms with Gasteiger partial charge in [-0.05, 0) is 82.4 Å². The Kier molecular flexibility index (Phi) is 7.68. The Labute approximate surface area is 222 Å². The molecule has 0 amide bonds. The van der Waals surface area contributed by atoms with E-state index in [2.05, 4.69) is 87.6 Å². The number of ether oxygens (including phenoxy) is 2. The van der Waals surface area contributed by atoms with Crippen molar-refractivity contribution in [3.63, 3.8) is 0 Å². The van der Waals surface area contributed by atoms with Crippen LogP contribution in [-0.2, 0) is 0 Å². The number of aromatic nitrogens is 1. The van der Waals surface area contributed by atoms with Crippen LogP contribution in [0.4, 0.5) is 0 Å². The first kappa shape index (κ1) is 26.4. The fraction of sp³-hybridized carbons (Fsp3) is 0.333. The predicted octanol–water partition coefficient (Wildman–Crippen LogP) is 7.99. The van der Waals surface area contributed by atoms with Crippen LogP contribution in [0.3, 0.4) is 0 Å². The molecule has 0 N–H and O–H groups in total. The lowest BCUT2D eigenvalue weighted by Crippen LogP contribution is -2.29. The molecule has 0 atom stereocenters. The smallest absolute Gasteiger partial charge is 0.146 e. The van der Waals surface area contributed by atoms with Gasteiger partial charge in [0, 0.05) is 47.4 Å². The molecular weight excluding hydrogens is 456 g/mol. The van der Waals surface area contributed by atoms with Gasteiger partial charge >= 0.3 is 0 Å². The highest BCUT2D eigenvalue weighted by Crippen LogP contribution is 2.40. The lowest BCUT2D eigenvalue weighted by molar-refractivity contribution is 0.336. The van der Waals surface area contributed by atoms with Gasteiger partial charge in [-0.3, -0.25) is 0 Å². The van der Waals surface area contributed by atoms with E-state index >= 15 is 0 Å². The summed E-state index contributed by atoms with van der Waals surface area (Å²) in [5, 5.41) is 0. The van der Waals surface area contributed by atoms with E-state index in [-0.39, 0.29) is 0 Å². The average molecular weight is 497 g/mol. The van der Waals surface area contributed by atoms with Crippen molar-refractivity contribution in [3.8, 4) is 17.2 Å². The Morgan fingerprint density at radius 3 is 2.30 bits per heavy atom. The first-order valence-corrected chi connectivity index (χ1v) is 13.1. The van der Waals surface area contributed by atoms with E-state index in [1.54, 1.807) is 7.11 Å². The third kappa shape index (κ3) is 4.85. The molecule has 4 nitrogen and oxygen atoms in total. The van der Waals surface area contributed by atoms with E-state index < -0.39 is 0 Å². The Morgan fingerprint density at radius 1 is 0.973 bits per heavy atom. The number of benzene rings is 2. The second-order valence-electron chi connectivity index (χ2n) is 10.00. The molecule has 0 radical (unpaired) electrons. The Balaban J connectivity index is 1.76. The maximum absolute atomic E-state index is 5.80. The molecule has 1 aliphatic heterocycles. The van der Waals surface area contributed by atoms with Crippen molar-refractivity contribution >= 4 is 16.8 Å². The van der Waals surface area contributed by atoms with Crippen LogP contribution >= 0.6 is 0 Å². The number of hydrogen-bond acceptors (Lipinski definition) is 3. The molecule has 0 unspecified atom stereocenters. The van der Waals surface area contributed by atoms with Crippen LogP contribution in [0, 0.1) is 20.8 Å². The molecule has 1 aromatic heterocycles. The molecular formula is C33H40N2O2. The van der Waals surface area contributed by atoms with E-state index in [4.69, 9.17) is 9.47 Å². The Morgan fingerprint density at radius 2 is 1.68 bits per heavy atom. The van der Waals surface area contributed by atoms with Crippen molar-refractivity contribution in [2.24, 2.45) is 0 Å². The van der Waals surface area contributed by atoms with Crippen LogP contribution in [0.25, 0.3) is 22.5 Å². The summed E-state index contributed by atoms with van der Waals surface area (Å²) in [6.07, 6.45) is 1.00. The van der Waals surface area contributed by atoms with Crippen molar-refractivity contribution in [1.82, 2.24) is 9.47 Å². The first-order chi connectivity index (χ1) is 17.7. The molecule has 3 aromatic rings. The van der Waals surface area contributed by atoms with Gasteiger partial charge in [-0.1, -0.05) is 43.0 Å². The van der Waals surface area contributed by atoms with Gasteiger partial charge in [-0.15, -0.1) is 0 Å². The second-order valence-corrected chi connectivity index (χ2v) is 10.00. The van der Waals surface area contributed by atoms with Crippen molar-refractivity contribution < 1.29 is 9.47 Å². The molecule has 0 aliphatic carbocycles. The summed E-state index contributed by atoms with van der Waals surface area (Å²) in [6, 6.07) is 14.7. The summed E-state index contributed by atoms with van der Waals surface area (Å²) in [6.45, 7) is 24.2. The molecule has 2 aromatic carbocycles. The first-order valence-electron chi connectivity index (χ1n) is 13.1. The predicted molar refractivity (Wildman–Crippen MR) is 157 cm³/mol. The van der Waals surface area contributed by atoms with E-state index in [9.17, 15) is 0 Å². The SMILES string of the molecule is C=C(C)c1c(C(=C)N2CCC(c3ccccc3C)=C(C)C2)c(C)n(-c2ccc(OCC)cc2OC)c1C. The maximum Gasteiger partial charge on any atom is 0.146 e. The summed E-state index contributed by atoms with van der Waals surface area (Å²) in [4.78, 5) is 2.42. The second kappa shape index (κ2) is 10.8. The van der Waals surface area contributed by atoms with Crippen molar-refractivity contribution in [3.05, 3.63) is 94.8 Å². The van der Waals surface area contributed by atoms with E-state index in [0.29, 0.717) is 6.61 Å². The minimum atomic E-state index is 0.614. The van der Waals surface area contributed by atoms with Crippen LogP contribution in [0.2, 0.25) is 0 Å². The van der Waals surface area contributed by atoms with Crippen LogP contribution in [0.5, 0.6) is 11.5 Å². The Hall–Kier alpha value is -3.66. The van der Waals surface area contributed by atoms with Crippen LogP contribution in [0.15, 0.2) is 61.2 Å². The monoisotopic (exact) mass is 496 g/mol. The number of allylic oxidation sites excluding steroid dienone is 1. The van der Waals surface area contributed by atoms with Gasteiger partial charge < -0.3 is 18.9 Å². The summed E-state index contributed by atoms with van der Waals surface area (Å²) in [7, 11) is 1.71. The number of methoxy groups -OCH3 is 1. The van der Waals surface area contributed by atoms with E-state index in [0.717, 1.165) is 70.5 Å². The summed E-state index contributed by atoms with van der Waals surface area (Å²) >= 11 is 0. The zero-order chi connectivity index (χ0) is 26.9. The van der Waals surface area contributed by atoms with Crippen LogP contribution in [-0.4, -0.2) is 36.3 Å². The zero-order valence-electron chi connectivity index (χ0n) is 23.5. The van der Waals surface area contributed by atoms with Gasteiger partial charge in [0.15, 0.2) is 0 Å². The van der Waals surface area contributed by atoms with Crippen molar-refractivity contribution in [2.75, 3.05) is 26.8 Å². The minimum absolute atomic E-state index is 0.614. The maximum atomic E-state index is 5.80. The van der Waals surface area contributed by atoms with Gasteiger partial charge in [0.25, 0.3) is 0 Å². The molecule has 0 spiro atoms. The van der Waals surface area contributed by atoms with Gasteiger partial charge in [-0.2, -0.15) is 0 Å². The molecule has 37 heavy (non-hydrogen) atoms. The normalized spacial score (nSPS) is 13.6. The third-order valence-corrected chi connectivity index (χ3v) is 7.49. The lowest BCUT2D eigenvalue weighted by Gasteiger charge is -2.34. The molecule has 2 heterocycles. The quantitative estimate of drug-likeness (QED) is 0.316. The third-order valence-electron chi connectivity index (χ3n) is 7.49. The molecule has 4 rings (SSSR count). The summed E-state index contributed by atoms with van der Waals surface area (Å²) < 4.78 is 13.8. The standard InChI is InChI=1S/C33H40N2O2/c1-10-37-27-15-16-30(31(19-27)36-9)35-25(7)32(21(2)3)33(26(35)8)24(6)34-18-17-29(23(5)20-34)28-14-12-11-13-22(28)4/h11-16,19H,2,6,10,17-18,20H2,1,3-5,7-9H3. The molecule has 194 valence electrons. The van der Waals surface area contributed by atoms with Gasteiger partial charge in [-0.25, -0.2) is 0 Å². The van der Waals surface area contributed by atoms with Crippen LogP contribution < -0.4 is 9.47 Å². The zero-order valence-corrected chi connectivity index (χ0v) is 23.5. The molecule has 1 aliphatic rings. The highest BCUT2D eigenvalue weighted by Gasteiger charge is 2.27. The largest absolute Gasteiger partial charge is 0.494 e. The minimum Gasteiger partial charge on any atom is -0.494 e. The van der Waals surface area contributed by atoms with E-state index in [1.165, 1.54) is 22.3 Å². The highest BCUT2D eigenvalue weighted by atomic mass is 16.5. The molecule has 0 saturated carbocycles. The summed E-state index contributed by atoms with van der Waals surface area (Å²) in [5.74, 6) is 1.58. The van der Waals surface area contributed by atoms with Gasteiger partial charge in [0.05, 0.1) is 19.4 Å². The number of nitrogens with zero attached hydrogens (tertiary/aromatic N) is 2. The molecule has 0 bridgehead atoms. The molecule has 0 saturated heterocycles. The number of aryl methyl sites for hydroxylation is 1. The van der Waals surface area contributed by atoms with Gasteiger partial charge in [0.2, 0.25) is 0 Å². The van der Waals surface area contributed by atoms with Crippen molar-refractivity contribution in [2.45, 2.75) is 48.0 Å². The molecule has 0 fully saturated rings.